The molecule has 1 aromatic carbocycles. The van der Waals surface area contributed by atoms with Crippen molar-refractivity contribution in [2.75, 3.05) is 0 Å². The quantitative estimate of drug-likeness (QED) is 0.342. The van der Waals surface area contributed by atoms with Gasteiger partial charge in [-0.05, 0) is 24.5 Å². The zero-order valence-corrected chi connectivity index (χ0v) is 11.6. The molecule has 1 amide bonds. The molecule has 7 heteroatoms. The first-order valence-corrected chi connectivity index (χ1v) is 6.47. The smallest absolute Gasteiger partial charge is 0.311 e. The lowest BCUT2D eigenvalue weighted by molar-refractivity contribution is -0.386. The van der Waals surface area contributed by atoms with Gasteiger partial charge in [-0.3, -0.25) is 20.3 Å². The molecule has 1 rings (SSSR count). The second-order valence-corrected chi connectivity index (χ2v) is 4.32. The molecule has 0 radical (unpaired) electrons. The number of nitro benzene ring substituents is 1. The molecular formula is C13H19N3O4. The van der Waals surface area contributed by atoms with Crippen LogP contribution in [0.2, 0.25) is 0 Å². The molecule has 0 bridgehead atoms. The number of ether oxygens (including phenoxy) is 1. The second kappa shape index (κ2) is 7.44. The van der Waals surface area contributed by atoms with Gasteiger partial charge >= 0.3 is 5.69 Å². The van der Waals surface area contributed by atoms with E-state index in [0.29, 0.717) is 19.3 Å². The molecule has 0 aromatic heterocycles. The van der Waals surface area contributed by atoms with E-state index in [-0.39, 0.29) is 11.4 Å². The van der Waals surface area contributed by atoms with Gasteiger partial charge in [0, 0.05) is 6.07 Å². The van der Waals surface area contributed by atoms with Crippen molar-refractivity contribution < 1.29 is 14.5 Å². The van der Waals surface area contributed by atoms with Gasteiger partial charge in [-0.25, -0.2) is 5.84 Å². The highest BCUT2D eigenvalue weighted by atomic mass is 16.6. The van der Waals surface area contributed by atoms with Crippen LogP contribution in [-0.2, 0) is 11.2 Å². The van der Waals surface area contributed by atoms with Crippen molar-refractivity contribution in [2.45, 2.75) is 39.2 Å². The van der Waals surface area contributed by atoms with Crippen LogP contribution in [0.15, 0.2) is 18.2 Å². The maximum Gasteiger partial charge on any atom is 0.311 e. The van der Waals surface area contributed by atoms with Crippen LogP contribution in [0, 0.1) is 10.1 Å². The molecule has 7 nitrogen and oxygen atoms in total. The Hall–Kier alpha value is -2.15. The fraction of sp³-hybridized carbons (Fsp3) is 0.462. The van der Waals surface area contributed by atoms with Crippen LogP contribution >= 0.6 is 0 Å². The van der Waals surface area contributed by atoms with Gasteiger partial charge in [0.15, 0.2) is 11.9 Å². The van der Waals surface area contributed by atoms with E-state index in [1.807, 2.05) is 19.3 Å². The molecule has 0 spiro atoms. The van der Waals surface area contributed by atoms with Crippen LogP contribution in [0.4, 0.5) is 5.69 Å². The Kier molecular flexibility index (Phi) is 5.92. The monoisotopic (exact) mass is 281 g/mol. The highest BCUT2D eigenvalue weighted by molar-refractivity contribution is 5.80. The summed E-state index contributed by atoms with van der Waals surface area (Å²) in [5.41, 5.74) is 2.70. The van der Waals surface area contributed by atoms with Crippen molar-refractivity contribution >= 4 is 11.6 Å². The molecule has 0 aliphatic rings. The number of nitrogens with one attached hydrogen (secondary N) is 1. The molecule has 110 valence electrons. The van der Waals surface area contributed by atoms with Crippen molar-refractivity contribution in [2.24, 2.45) is 5.84 Å². The lowest BCUT2D eigenvalue weighted by Crippen LogP contribution is -2.42. The van der Waals surface area contributed by atoms with Crippen molar-refractivity contribution in [3.8, 4) is 5.75 Å². The SMILES string of the molecule is CCCC(Oc1ccc(CC)cc1[N+](=O)[O-])C(=O)NN. The summed E-state index contributed by atoms with van der Waals surface area (Å²) in [6, 6.07) is 4.72. The first-order chi connectivity index (χ1) is 9.53. The van der Waals surface area contributed by atoms with Gasteiger partial charge in [0.2, 0.25) is 0 Å². The standard InChI is InChI=1S/C13H19N3O4/c1-3-5-12(13(17)15-14)20-11-7-6-9(4-2)8-10(11)16(18)19/h6-8,12H,3-5,14H2,1-2H3,(H,15,17). The molecule has 1 unspecified atom stereocenters. The number of benzene rings is 1. The average molecular weight is 281 g/mol. The zero-order valence-electron chi connectivity index (χ0n) is 11.6. The van der Waals surface area contributed by atoms with Crippen LogP contribution in [0.1, 0.15) is 32.3 Å². The predicted octanol–water partition coefficient (Wildman–Crippen LogP) is 1.69. The van der Waals surface area contributed by atoms with Crippen LogP contribution in [0.5, 0.6) is 5.75 Å². The third-order valence-electron chi connectivity index (χ3n) is 2.88. The average Bonchev–Trinajstić information content (AvgIpc) is 2.46. The van der Waals surface area contributed by atoms with Gasteiger partial charge in [-0.2, -0.15) is 0 Å². The summed E-state index contributed by atoms with van der Waals surface area (Å²) in [5.74, 6) is 4.67. The number of carbonyl (C=O) groups excluding carboxylic acids is 1. The van der Waals surface area contributed by atoms with Gasteiger partial charge < -0.3 is 4.74 Å². The van der Waals surface area contributed by atoms with E-state index in [9.17, 15) is 14.9 Å². The van der Waals surface area contributed by atoms with Crippen molar-refractivity contribution in [1.29, 1.82) is 0 Å². The van der Waals surface area contributed by atoms with Gasteiger partial charge in [-0.15, -0.1) is 0 Å². The molecule has 0 aliphatic carbocycles. The van der Waals surface area contributed by atoms with E-state index in [2.05, 4.69) is 0 Å². The number of hydrogen-bond donors (Lipinski definition) is 2. The number of amides is 1. The first kappa shape index (κ1) is 15.9. The van der Waals surface area contributed by atoms with Crippen LogP contribution < -0.4 is 16.0 Å². The lowest BCUT2D eigenvalue weighted by atomic mass is 10.1. The highest BCUT2D eigenvalue weighted by Crippen LogP contribution is 2.29. The molecule has 1 aromatic rings. The minimum atomic E-state index is -0.837. The van der Waals surface area contributed by atoms with E-state index < -0.39 is 16.9 Å². The van der Waals surface area contributed by atoms with Crippen molar-refractivity contribution in [3.05, 3.63) is 33.9 Å². The lowest BCUT2D eigenvalue weighted by Gasteiger charge is -2.17. The van der Waals surface area contributed by atoms with Crippen LogP contribution in [0.3, 0.4) is 0 Å². The fourth-order valence-electron chi connectivity index (χ4n) is 1.78. The summed E-state index contributed by atoms with van der Waals surface area (Å²) in [4.78, 5) is 22.1. The number of nitrogens with zero attached hydrogens (tertiary/aromatic N) is 1. The van der Waals surface area contributed by atoms with E-state index >= 15 is 0 Å². The molecule has 0 fully saturated rings. The molecule has 0 heterocycles. The van der Waals surface area contributed by atoms with E-state index in [0.717, 1.165) is 5.56 Å². The topological polar surface area (TPSA) is 107 Å². The Morgan fingerprint density at radius 3 is 2.70 bits per heavy atom. The van der Waals surface area contributed by atoms with Crippen LogP contribution in [-0.4, -0.2) is 16.9 Å². The number of rotatable bonds is 7. The Morgan fingerprint density at radius 1 is 1.50 bits per heavy atom. The molecule has 20 heavy (non-hydrogen) atoms. The largest absolute Gasteiger partial charge is 0.473 e. The van der Waals surface area contributed by atoms with E-state index in [4.69, 9.17) is 10.6 Å². The summed E-state index contributed by atoms with van der Waals surface area (Å²) in [6.45, 7) is 3.79. The molecule has 0 saturated heterocycles. The summed E-state index contributed by atoms with van der Waals surface area (Å²) in [7, 11) is 0. The molecular weight excluding hydrogens is 262 g/mol. The summed E-state index contributed by atoms with van der Waals surface area (Å²) < 4.78 is 5.47. The van der Waals surface area contributed by atoms with Gasteiger partial charge in [0.25, 0.3) is 5.91 Å². The molecule has 0 aliphatic heterocycles. The Bertz CT molecular complexity index is 491. The van der Waals surface area contributed by atoms with Gasteiger partial charge in [0.05, 0.1) is 4.92 Å². The number of carbonyl (C=O) groups is 1. The molecule has 1 atom stereocenters. The van der Waals surface area contributed by atoms with Crippen LogP contribution in [0.25, 0.3) is 0 Å². The molecule has 0 saturated carbocycles. The number of aryl methyl sites for hydroxylation is 1. The minimum Gasteiger partial charge on any atom is -0.473 e. The Labute approximate surface area is 117 Å². The number of nitrogens with two attached hydrogens (primary N) is 1. The summed E-state index contributed by atoms with van der Waals surface area (Å²) in [5, 5.41) is 11.1. The molecule has 3 N–H and O–H groups in total. The van der Waals surface area contributed by atoms with Crippen molar-refractivity contribution in [1.82, 2.24) is 5.43 Å². The third-order valence-corrected chi connectivity index (χ3v) is 2.88. The van der Waals surface area contributed by atoms with Crippen molar-refractivity contribution in [3.63, 3.8) is 0 Å². The van der Waals surface area contributed by atoms with E-state index in [1.165, 1.54) is 12.1 Å². The normalized spacial score (nSPS) is 11.8. The minimum absolute atomic E-state index is 0.0780. The highest BCUT2D eigenvalue weighted by Gasteiger charge is 2.23. The predicted molar refractivity (Wildman–Crippen MR) is 74.1 cm³/mol. The second-order valence-electron chi connectivity index (χ2n) is 4.32. The fourth-order valence-corrected chi connectivity index (χ4v) is 1.78. The Balaban J connectivity index is 3.05. The first-order valence-electron chi connectivity index (χ1n) is 6.47. The van der Waals surface area contributed by atoms with Gasteiger partial charge in [-0.1, -0.05) is 26.3 Å². The maximum absolute atomic E-state index is 11.6. The zero-order chi connectivity index (χ0) is 15.1. The third kappa shape index (κ3) is 3.92. The number of hydrazine groups is 1. The summed E-state index contributed by atoms with van der Waals surface area (Å²) in [6.07, 6.45) is 0.966. The summed E-state index contributed by atoms with van der Waals surface area (Å²) >= 11 is 0. The number of nitro groups is 1. The van der Waals surface area contributed by atoms with Gasteiger partial charge in [0.1, 0.15) is 0 Å². The number of hydrogen-bond acceptors (Lipinski definition) is 5. The Morgan fingerprint density at radius 2 is 2.20 bits per heavy atom. The maximum atomic E-state index is 11.6. The van der Waals surface area contributed by atoms with E-state index in [1.54, 1.807) is 6.07 Å².